The number of ether oxygens (including phenoxy) is 1. The molecule has 0 atom stereocenters. The third kappa shape index (κ3) is 6.08. The zero-order valence-corrected chi connectivity index (χ0v) is 20.0. The summed E-state index contributed by atoms with van der Waals surface area (Å²) in [6.45, 7) is 3.23. The topological polar surface area (TPSA) is 72.5 Å². The van der Waals surface area contributed by atoms with E-state index in [1.54, 1.807) is 0 Å². The molecule has 0 heterocycles. The zero-order chi connectivity index (χ0) is 32.6. The maximum absolute atomic E-state index is 13.9. The first kappa shape index (κ1) is 37.9. The van der Waals surface area contributed by atoms with Crippen molar-refractivity contribution in [1.82, 2.24) is 5.32 Å². The predicted molar refractivity (Wildman–Crippen MR) is 97.5 cm³/mol. The molecule has 0 aromatic rings. The van der Waals surface area contributed by atoms with Crippen molar-refractivity contribution < 1.29 is 92.6 Å². The van der Waals surface area contributed by atoms with E-state index in [1.807, 2.05) is 0 Å². The van der Waals surface area contributed by atoms with Gasteiger partial charge in [0.1, 0.15) is 5.88 Å². The molecule has 238 valence electrons. The molecular formula is C17H16F17NO4S. The average Bonchev–Trinajstić information content (AvgIpc) is 2.76. The average molecular weight is 653 g/mol. The molecule has 23 heteroatoms. The summed E-state index contributed by atoms with van der Waals surface area (Å²) in [5.41, 5.74) is -0.0645. The smallest absolute Gasteiger partial charge is 0.460 e. The van der Waals surface area contributed by atoms with Gasteiger partial charge in [0.25, 0.3) is 0 Å². The van der Waals surface area contributed by atoms with Gasteiger partial charge in [0, 0.05) is 5.57 Å². The minimum absolute atomic E-state index is 0.0645. The molecule has 0 fully saturated rings. The Kier molecular flexibility index (Phi) is 10.7. The maximum atomic E-state index is 13.9. The van der Waals surface area contributed by atoms with E-state index < -0.39 is 81.8 Å². The van der Waals surface area contributed by atoms with Crippen molar-refractivity contribution in [3.05, 3.63) is 12.2 Å². The van der Waals surface area contributed by atoms with E-state index in [2.05, 4.69) is 11.3 Å². The Labute approximate surface area is 212 Å². The maximum Gasteiger partial charge on any atom is 0.460 e. The number of carbonyl (C=O) groups is 1. The molecule has 0 aliphatic heterocycles. The molecule has 0 unspecified atom stereocenters. The van der Waals surface area contributed by atoms with Gasteiger partial charge < -0.3 is 10.1 Å². The van der Waals surface area contributed by atoms with Gasteiger partial charge in [-0.3, -0.25) is 0 Å². The first-order valence-corrected chi connectivity index (χ1v) is 11.4. The summed E-state index contributed by atoms with van der Waals surface area (Å²) in [6.07, 6.45) is -8.41. The van der Waals surface area contributed by atoms with Crippen LogP contribution in [0.4, 0.5) is 74.6 Å². The fourth-order valence-electron chi connectivity index (χ4n) is 2.28. The molecule has 0 amide bonds. The van der Waals surface area contributed by atoms with Crippen LogP contribution in [0.3, 0.4) is 0 Å². The van der Waals surface area contributed by atoms with Crippen LogP contribution in [0.2, 0.25) is 0 Å². The Morgan fingerprint density at radius 2 is 1.05 bits per heavy atom. The number of hydrogen-bond acceptors (Lipinski definition) is 5. The summed E-state index contributed by atoms with van der Waals surface area (Å²) in [4.78, 5) is 11.1. The largest absolute Gasteiger partial charge is 0.462 e. The van der Waals surface area contributed by atoms with Crippen molar-refractivity contribution in [1.29, 1.82) is 0 Å². The molecule has 0 aromatic heterocycles. The quantitative estimate of drug-likeness (QED) is 0.105. The second-order valence-electron chi connectivity index (χ2n) is 7.84. The summed E-state index contributed by atoms with van der Waals surface area (Å²) in [5.74, 6) is -55.1. The number of halogens is 17. The number of nitrogens with one attached hydrogen (secondary N) is 1. The van der Waals surface area contributed by atoms with Crippen molar-refractivity contribution in [3.63, 3.8) is 0 Å². The van der Waals surface area contributed by atoms with Gasteiger partial charge in [-0.05, 0) is 26.3 Å². The third-order valence-electron chi connectivity index (χ3n) is 4.71. The van der Waals surface area contributed by atoms with E-state index in [4.69, 9.17) is 0 Å². The summed E-state index contributed by atoms with van der Waals surface area (Å²) >= 11 is 0. The van der Waals surface area contributed by atoms with E-state index in [1.165, 1.54) is 12.2 Å². The van der Waals surface area contributed by atoms with Gasteiger partial charge in [-0.25, -0.2) is 13.2 Å². The van der Waals surface area contributed by atoms with E-state index in [-0.39, 0.29) is 18.4 Å². The standard InChI is InChI=1S/C17H16F17NO4S/c1-8(2)9(36)39-6-4-3-5-35-7-40(37,38)17(33,34)15(28,29)13(24,25)11(20,21)10(18,19)12(22,23)14(26,27)16(30,31)32/h35H,1,3-7H2,2H3. The monoisotopic (exact) mass is 653 g/mol. The van der Waals surface area contributed by atoms with Gasteiger partial charge in [0.15, 0.2) is 0 Å². The molecule has 1 N–H and O–H groups in total. The number of carbonyl (C=O) groups excluding carboxylic acids is 1. The van der Waals surface area contributed by atoms with Crippen molar-refractivity contribution in [2.24, 2.45) is 0 Å². The SMILES string of the molecule is C=C(C)C(=O)OCCCCNCS(=O)(=O)C(F)(F)C(F)(F)C(F)(F)C(F)(F)C(F)(F)C(F)(F)C(F)(F)C(F)(F)F. The lowest BCUT2D eigenvalue weighted by molar-refractivity contribution is -0.458. The van der Waals surface area contributed by atoms with Crippen LogP contribution >= 0.6 is 0 Å². The van der Waals surface area contributed by atoms with Crippen LogP contribution in [-0.4, -0.2) is 80.4 Å². The fraction of sp³-hybridized carbons (Fsp3) is 0.824. The van der Waals surface area contributed by atoms with Gasteiger partial charge in [0.2, 0.25) is 9.84 Å². The molecule has 40 heavy (non-hydrogen) atoms. The number of rotatable bonds is 15. The molecular weight excluding hydrogens is 637 g/mol. The summed E-state index contributed by atoms with van der Waals surface area (Å²) in [6, 6.07) is 0. The van der Waals surface area contributed by atoms with Crippen molar-refractivity contribution in [3.8, 4) is 0 Å². The molecule has 0 saturated heterocycles. The molecule has 0 rings (SSSR count). The molecule has 0 saturated carbocycles. The van der Waals surface area contributed by atoms with Crippen LogP contribution < -0.4 is 5.32 Å². The Morgan fingerprint density at radius 3 is 1.43 bits per heavy atom. The molecule has 0 aliphatic carbocycles. The van der Waals surface area contributed by atoms with Crippen molar-refractivity contribution in [2.75, 3.05) is 19.0 Å². The third-order valence-corrected chi connectivity index (χ3v) is 6.33. The highest BCUT2D eigenvalue weighted by molar-refractivity contribution is 7.92. The first-order chi connectivity index (χ1) is 17.3. The second kappa shape index (κ2) is 11.3. The molecule has 0 aromatic carbocycles. The lowest BCUT2D eigenvalue weighted by atomic mass is 9.91. The van der Waals surface area contributed by atoms with Crippen LogP contribution in [0, 0.1) is 0 Å². The highest BCUT2D eigenvalue weighted by atomic mass is 32.2. The Bertz CT molecular complexity index is 1040. The van der Waals surface area contributed by atoms with Crippen LogP contribution in [0.1, 0.15) is 19.8 Å². The number of hydrogen-bond donors (Lipinski definition) is 1. The van der Waals surface area contributed by atoms with Gasteiger partial charge >= 0.3 is 52.9 Å². The van der Waals surface area contributed by atoms with E-state index in [0.29, 0.717) is 0 Å². The van der Waals surface area contributed by atoms with Crippen molar-refractivity contribution in [2.45, 2.75) is 66.7 Å². The van der Waals surface area contributed by atoms with E-state index in [0.717, 1.165) is 0 Å². The lowest BCUT2D eigenvalue weighted by Crippen LogP contribution is -2.75. The van der Waals surface area contributed by atoms with Crippen LogP contribution in [0.15, 0.2) is 12.2 Å². The van der Waals surface area contributed by atoms with Crippen LogP contribution in [-0.2, 0) is 19.4 Å². The summed E-state index contributed by atoms with van der Waals surface area (Å²) in [7, 11) is -7.18. The second-order valence-corrected chi connectivity index (χ2v) is 9.87. The molecule has 5 nitrogen and oxygen atoms in total. The lowest BCUT2D eigenvalue weighted by Gasteiger charge is -2.42. The zero-order valence-electron chi connectivity index (χ0n) is 19.2. The molecule has 0 radical (unpaired) electrons. The number of sulfone groups is 1. The van der Waals surface area contributed by atoms with Gasteiger partial charge in [0.05, 0.1) is 6.61 Å². The van der Waals surface area contributed by atoms with Gasteiger partial charge in [-0.2, -0.15) is 74.6 Å². The molecule has 0 bridgehead atoms. The molecule has 0 spiro atoms. The number of esters is 1. The summed E-state index contributed by atoms with van der Waals surface area (Å²) < 4.78 is 252. The number of unbranched alkanes of at least 4 members (excludes halogenated alkanes) is 1. The van der Waals surface area contributed by atoms with Gasteiger partial charge in [-0.15, -0.1) is 0 Å². The minimum Gasteiger partial charge on any atom is -0.462 e. The molecule has 0 aliphatic rings. The fourth-order valence-corrected chi connectivity index (χ4v) is 3.40. The van der Waals surface area contributed by atoms with Crippen LogP contribution in [0.25, 0.3) is 0 Å². The first-order valence-electron chi connectivity index (χ1n) is 9.80. The van der Waals surface area contributed by atoms with Crippen molar-refractivity contribution >= 4 is 15.8 Å². The van der Waals surface area contributed by atoms with E-state index in [9.17, 15) is 87.8 Å². The Morgan fingerprint density at radius 1 is 0.675 bits per heavy atom. The van der Waals surface area contributed by atoms with Gasteiger partial charge in [-0.1, -0.05) is 6.58 Å². The van der Waals surface area contributed by atoms with E-state index >= 15 is 0 Å². The highest BCUT2D eigenvalue weighted by Crippen LogP contribution is 2.64. The van der Waals surface area contributed by atoms with Crippen LogP contribution in [0.5, 0.6) is 0 Å². The predicted octanol–water partition coefficient (Wildman–Crippen LogP) is 5.81. The Balaban J connectivity index is 6.03. The normalized spacial score (nSPS) is 15.2. The Hall–Kier alpha value is -2.07. The number of alkyl halides is 17. The minimum atomic E-state index is -8.87. The highest BCUT2D eigenvalue weighted by Gasteiger charge is 2.96. The summed E-state index contributed by atoms with van der Waals surface area (Å²) in [5, 5.41) is -6.13.